The lowest BCUT2D eigenvalue weighted by molar-refractivity contribution is 1.26. The van der Waals surface area contributed by atoms with Crippen LogP contribution in [0.15, 0.2) is 30.3 Å². The zero-order chi connectivity index (χ0) is 8.81. The van der Waals surface area contributed by atoms with Gasteiger partial charge in [-0.3, -0.25) is 0 Å². The first-order chi connectivity index (χ1) is 5.83. The molecule has 0 aliphatic heterocycles. The Morgan fingerprint density at radius 2 is 1.92 bits per heavy atom. The normalized spacial score (nSPS) is 10.8. The second kappa shape index (κ2) is 5.04. The van der Waals surface area contributed by atoms with Crippen molar-refractivity contribution < 1.29 is 0 Å². The zero-order valence-electron chi connectivity index (χ0n) is 7.33. The second-order valence-electron chi connectivity index (χ2n) is 2.83. The van der Waals surface area contributed by atoms with Crippen molar-refractivity contribution in [3.05, 3.63) is 41.5 Å². The Morgan fingerprint density at radius 1 is 1.25 bits per heavy atom. The molecule has 1 heteroatoms. The van der Waals surface area contributed by atoms with E-state index in [0.29, 0.717) is 0 Å². The third-order valence-electron chi connectivity index (χ3n) is 1.68. The van der Waals surface area contributed by atoms with Crippen LogP contribution in [-0.2, 0) is 0 Å². The lowest BCUT2D eigenvalue weighted by Crippen LogP contribution is -1.73. The van der Waals surface area contributed by atoms with Crippen LogP contribution in [0.4, 0.5) is 0 Å². The molecule has 0 saturated carbocycles. The molecule has 0 unspecified atom stereocenters. The number of rotatable bonds is 3. The van der Waals surface area contributed by atoms with Crippen LogP contribution in [0.2, 0.25) is 0 Å². The van der Waals surface area contributed by atoms with Crippen molar-refractivity contribution in [1.29, 1.82) is 0 Å². The van der Waals surface area contributed by atoms with Gasteiger partial charge in [0.25, 0.3) is 0 Å². The fourth-order valence-electron chi connectivity index (χ4n) is 0.972. The van der Waals surface area contributed by atoms with Crippen molar-refractivity contribution in [3.63, 3.8) is 0 Å². The molecule has 0 nitrogen and oxygen atoms in total. The Morgan fingerprint density at radius 3 is 2.50 bits per heavy atom. The van der Waals surface area contributed by atoms with Crippen LogP contribution >= 0.6 is 12.6 Å². The molecule has 0 heterocycles. The fourth-order valence-corrected chi connectivity index (χ4v) is 1.12. The van der Waals surface area contributed by atoms with Crippen molar-refractivity contribution in [2.45, 2.75) is 13.3 Å². The average Bonchev–Trinajstić information content (AvgIpc) is 2.09. The van der Waals surface area contributed by atoms with Crippen molar-refractivity contribution in [3.8, 4) is 0 Å². The van der Waals surface area contributed by atoms with E-state index in [1.54, 1.807) is 0 Å². The van der Waals surface area contributed by atoms with Gasteiger partial charge < -0.3 is 0 Å². The van der Waals surface area contributed by atoms with E-state index in [2.05, 4.69) is 56.0 Å². The maximum atomic E-state index is 4.13. The first-order valence-electron chi connectivity index (χ1n) is 4.17. The molecule has 1 aromatic carbocycles. The van der Waals surface area contributed by atoms with E-state index in [0.717, 1.165) is 12.2 Å². The van der Waals surface area contributed by atoms with E-state index in [1.165, 1.54) is 11.1 Å². The van der Waals surface area contributed by atoms with Crippen LogP contribution in [0.25, 0.3) is 6.08 Å². The summed E-state index contributed by atoms with van der Waals surface area (Å²) < 4.78 is 0. The number of aryl methyl sites for hydroxylation is 1. The standard InChI is InChI=1S/C11H14S/c1-10-5-7-11(8-6-10)4-2-3-9-12/h2,4-8,12H,3,9H2,1H3. The maximum Gasteiger partial charge on any atom is -0.00632 e. The molecule has 0 bridgehead atoms. The van der Waals surface area contributed by atoms with Gasteiger partial charge in [0.2, 0.25) is 0 Å². The third kappa shape index (κ3) is 3.14. The smallest absolute Gasteiger partial charge is 0.00632 e. The predicted octanol–water partition coefficient (Wildman–Crippen LogP) is 3.33. The van der Waals surface area contributed by atoms with Crippen molar-refractivity contribution in [2.75, 3.05) is 5.75 Å². The number of hydrogen-bond donors (Lipinski definition) is 1. The Balaban J connectivity index is 2.58. The molecule has 0 aliphatic carbocycles. The van der Waals surface area contributed by atoms with Crippen LogP contribution in [-0.4, -0.2) is 5.75 Å². The molecule has 0 amide bonds. The van der Waals surface area contributed by atoms with Crippen LogP contribution in [0.1, 0.15) is 17.5 Å². The van der Waals surface area contributed by atoms with Crippen molar-refractivity contribution in [2.24, 2.45) is 0 Å². The number of thiol groups is 1. The first-order valence-corrected chi connectivity index (χ1v) is 4.80. The molecule has 1 rings (SSSR count). The monoisotopic (exact) mass is 178 g/mol. The summed E-state index contributed by atoms with van der Waals surface area (Å²) >= 11 is 4.13. The minimum Gasteiger partial charge on any atom is -0.179 e. The summed E-state index contributed by atoms with van der Waals surface area (Å²) in [5.74, 6) is 0.919. The van der Waals surface area contributed by atoms with Crippen molar-refractivity contribution in [1.82, 2.24) is 0 Å². The van der Waals surface area contributed by atoms with E-state index < -0.39 is 0 Å². The van der Waals surface area contributed by atoms with Gasteiger partial charge in [0, 0.05) is 0 Å². The highest BCUT2D eigenvalue weighted by molar-refractivity contribution is 7.80. The molecule has 0 aliphatic rings. The number of allylic oxidation sites excluding steroid dienone is 1. The van der Waals surface area contributed by atoms with Crippen LogP contribution in [0, 0.1) is 6.92 Å². The topological polar surface area (TPSA) is 0 Å². The second-order valence-corrected chi connectivity index (χ2v) is 3.27. The highest BCUT2D eigenvalue weighted by Crippen LogP contribution is 2.05. The molecule has 64 valence electrons. The van der Waals surface area contributed by atoms with Crippen molar-refractivity contribution >= 4 is 18.7 Å². The van der Waals surface area contributed by atoms with Gasteiger partial charge in [0.05, 0.1) is 0 Å². The molecule has 0 saturated heterocycles. The van der Waals surface area contributed by atoms with Gasteiger partial charge in [0.1, 0.15) is 0 Å². The van der Waals surface area contributed by atoms with E-state index in [-0.39, 0.29) is 0 Å². The summed E-state index contributed by atoms with van der Waals surface area (Å²) in [4.78, 5) is 0. The molecule has 0 fully saturated rings. The fraction of sp³-hybridized carbons (Fsp3) is 0.273. The largest absolute Gasteiger partial charge is 0.179 e. The molecule has 0 aromatic heterocycles. The molecule has 0 spiro atoms. The Hall–Kier alpha value is -0.690. The predicted molar refractivity (Wildman–Crippen MR) is 58.7 cm³/mol. The summed E-state index contributed by atoms with van der Waals surface area (Å²) in [6, 6.07) is 8.51. The first kappa shape index (κ1) is 9.40. The van der Waals surface area contributed by atoms with Crippen LogP contribution in [0.5, 0.6) is 0 Å². The summed E-state index contributed by atoms with van der Waals surface area (Å²) in [5, 5.41) is 0. The minimum atomic E-state index is 0.919. The third-order valence-corrected chi connectivity index (χ3v) is 1.94. The van der Waals surface area contributed by atoms with Gasteiger partial charge in [-0.1, -0.05) is 42.0 Å². The van der Waals surface area contributed by atoms with E-state index in [9.17, 15) is 0 Å². The number of hydrogen-bond acceptors (Lipinski definition) is 1. The summed E-state index contributed by atoms with van der Waals surface area (Å²) in [6.07, 6.45) is 5.32. The van der Waals surface area contributed by atoms with Gasteiger partial charge in [-0.2, -0.15) is 12.6 Å². The molecule has 0 atom stereocenters. The van der Waals surface area contributed by atoms with Crippen LogP contribution in [0.3, 0.4) is 0 Å². The van der Waals surface area contributed by atoms with Gasteiger partial charge in [-0.15, -0.1) is 0 Å². The van der Waals surface area contributed by atoms with Gasteiger partial charge in [-0.05, 0) is 24.7 Å². The molecule has 12 heavy (non-hydrogen) atoms. The zero-order valence-corrected chi connectivity index (χ0v) is 8.22. The van der Waals surface area contributed by atoms with Gasteiger partial charge in [0.15, 0.2) is 0 Å². The maximum absolute atomic E-state index is 4.13. The summed E-state index contributed by atoms with van der Waals surface area (Å²) in [5.41, 5.74) is 2.57. The highest BCUT2D eigenvalue weighted by atomic mass is 32.1. The lowest BCUT2D eigenvalue weighted by atomic mass is 10.1. The minimum absolute atomic E-state index is 0.919. The molecule has 1 aromatic rings. The van der Waals surface area contributed by atoms with Crippen LogP contribution < -0.4 is 0 Å². The Bertz CT molecular complexity index is 246. The highest BCUT2D eigenvalue weighted by Gasteiger charge is 1.84. The van der Waals surface area contributed by atoms with E-state index >= 15 is 0 Å². The lowest BCUT2D eigenvalue weighted by Gasteiger charge is -1.93. The van der Waals surface area contributed by atoms with Gasteiger partial charge >= 0.3 is 0 Å². The average molecular weight is 178 g/mol. The molecule has 0 N–H and O–H groups in total. The summed E-state index contributed by atoms with van der Waals surface area (Å²) in [7, 11) is 0. The quantitative estimate of drug-likeness (QED) is 0.674. The van der Waals surface area contributed by atoms with E-state index in [4.69, 9.17) is 0 Å². The molecular weight excluding hydrogens is 164 g/mol. The number of benzene rings is 1. The Labute approximate surface area is 79.7 Å². The summed E-state index contributed by atoms with van der Waals surface area (Å²) in [6.45, 7) is 2.10. The van der Waals surface area contributed by atoms with Gasteiger partial charge in [-0.25, -0.2) is 0 Å². The molecule has 0 radical (unpaired) electrons. The molecular formula is C11H14S. The van der Waals surface area contributed by atoms with E-state index in [1.807, 2.05) is 0 Å². The SMILES string of the molecule is Cc1ccc(C=CCCS)cc1. The Kier molecular flexibility index (Phi) is 3.95.